The first-order valence-corrected chi connectivity index (χ1v) is 3.60. The van der Waals surface area contributed by atoms with Gasteiger partial charge in [0.15, 0.2) is 5.82 Å². The Bertz CT molecular complexity index is 360. The Morgan fingerprint density at radius 2 is 2.46 bits per heavy atom. The molecule has 0 bridgehead atoms. The van der Waals surface area contributed by atoms with E-state index in [9.17, 15) is 4.79 Å². The molecule has 0 saturated carbocycles. The van der Waals surface area contributed by atoms with Crippen molar-refractivity contribution in [1.29, 1.82) is 0 Å². The number of halogens is 1. The average molecular weight is 197 g/mol. The molecule has 5 nitrogen and oxygen atoms in total. The van der Waals surface area contributed by atoms with Gasteiger partial charge in [-0.3, -0.25) is 15.6 Å². The summed E-state index contributed by atoms with van der Waals surface area (Å²) in [5.41, 5.74) is 4.63. The van der Waals surface area contributed by atoms with Gasteiger partial charge in [-0.25, -0.2) is 9.97 Å². The number of rotatable bonds is 2. The summed E-state index contributed by atoms with van der Waals surface area (Å²) in [6.07, 6.45) is 7.48. The van der Waals surface area contributed by atoms with Crippen LogP contribution in [0.1, 0.15) is 0 Å². The van der Waals surface area contributed by atoms with Crippen LogP contribution in [0.2, 0.25) is 5.02 Å². The lowest BCUT2D eigenvalue weighted by Gasteiger charge is -2.04. The molecule has 1 aromatic rings. The zero-order valence-electron chi connectivity index (χ0n) is 6.41. The largest absolute Gasteiger partial charge is 0.314 e. The molecule has 1 heterocycles. The van der Waals surface area contributed by atoms with Crippen LogP contribution in [-0.4, -0.2) is 15.9 Å². The van der Waals surface area contributed by atoms with Crippen LogP contribution in [0.15, 0.2) is 12.5 Å². The van der Waals surface area contributed by atoms with Crippen LogP contribution in [0.25, 0.3) is 0 Å². The Kier molecular flexibility index (Phi) is 3.06. The van der Waals surface area contributed by atoms with Crippen LogP contribution in [0.4, 0.5) is 5.82 Å². The first-order chi connectivity index (χ1) is 6.24. The third-order valence-corrected chi connectivity index (χ3v) is 1.37. The molecule has 6 heteroatoms. The van der Waals surface area contributed by atoms with Crippen LogP contribution in [0, 0.1) is 12.3 Å². The summed E-state index contributed by atoms with van der Waals surface area (Å²) in [6.45, 7) is 0. The van der Waals surface area contributed by atoms with Gasteiger partial charge in [-0.1, -0.05) is 11.6 Å². The molecule has 0 fully saturated rings. The number of amides is 1. The minimum Gasteiger partial charge on any atom is -0.280 e. The molecule has 2 N–H and O–H groups in total. The predicted molar refractivity (Wildman–Crippen MR) is 47.6 cm³/mol. The minimum absolute atomic E-state index is 0.292. The van der Waals surface area contributed by atoms with E-state index in [0.29, 0.717) is 10.8 Å². The summed E-state index contributed by atoms with van der Waals surface area (Å²) in [7, 11) is 0. The van der Waals surface area contributed by atoms with Crippen molar-refractivity contribution in [2.24, 2.45) is 0 Å². The van der Waals surface area contributed by atoms with Crippen molar-refractivity contribution in [2.45, 2.75) is 0 Å². The number of aromatic nitrogens is 2. The number of nitrogens with zero attached hydrogens (tertiary/aromatic N) is 2. The monoisotopic (exact) mass is 196 g/mol. The van der Waals surface area contributed by atoms with Gasteiger partial charge >= 0.3 is 5.91 Å². The van der Waals surface area contributed by atoms with Crippen LogP contribution < -0.4 is 10.9 Å². The van der Waals surface area contributed by atoms with Gasteiger partial charge in [0.25, 0.3) is 0 Å². The third kappa shape index (κ3) is 2.61. The molecule has 0 saturated heterocycles. The Morgan fingerprint density at radius 3 is 3.08 bits per heavy atom. The fourth-order valence-electron chi connectivity index (χ4n) is 0.557. The fourth-order valence-corrected chi connectivity index (χ4v) is 0.709. The maximum atomic E-state index is 10.6. The van der Waals surface area contributed by atoms with E-state index in [1.54, 1.807) is 0 Å². The molecule has 0 radical (unpaired) electrons. The average Bonchev–Trinajstić information content (AvgIpc) is 2.16. The van der Waals surface area contributed by atoms with E-state index in [1.807, 2.05) is 5.92 Å². The van der Waals surface area contributed by atoms with E-state index in [0.717, 1.165) is 0 Å². The number of nitrogens with one attached hydrogen (secondary N) is 2. The van der Waals surface area contributed by atoms with E-state index in [4.69, 9.17) is 18.0 Å². The molecule has 1 rings (SSSR count). The molecule has 66 valence electrons. The summed E-state index contributed by atoms with van der Waals surface area (Å²) in [5, 5.41) is 0.292. The van der Waals surface area contributed by atoms with E-state index in [2.05, 4.69) is 20.8 Å². The Hall–Kier alpha value is -1.80. The molecule has 0 aliphatic heterocycles. The SMILES string of the molecule is C#CC(=O)NNc1ncncc1Cl. The number of hydrogen-bond acceptors (Lipinski definition) is 4. The van der Waals surface area contributed by atoms with Gasteiger partial charge in [-0.2, -0.15) is 0 Å². The van der Waals surface area contributed by atoms with Crippen molar-refractivity contribution >= 4 is 23.3 Å². The number of carbonyl (C=O) groups excluding carboxylic acids is 1. The molecule has 0 spiro atoms. The molecule has 1 aromatic heterocycles. The molecule has 1 amide bonds. The summed E-state index contributed by atoms with van der Waals surface area (Å²) in [4.78, 5) is 18.0. The Labute approximate surface area is 79.5 Å². The summed E-state index contributed by atoms with van der Waals surface area (Å²) >= 11 is 5.66. The third-order valence-electron chi connectivity index (χ3n) is 1.09. The Balaban J connectivity index is 2.61. The van der Waals surface area contributed by atoms with Crippen LogP contribution in [0.5, 0.6) is 0 Å². The molecular formula is C7H5ClN4O. The second kappa shape index (κ2) is 4.28. The second-order valence-electron chi connectivity index (χ2n) is 1.94. The molecule has 0 aromatic carbocycles. The highest BCUT2D eigenvalue weighted by Gasteiger charge is 2.00. The van der Waals surface area contributed by atoms with E-state index >= 15 is 0 Å². The quantitative estimate of drug-likeness (QED) is 0.524. The van der Waals surface area contributed by atoms with Crippen molar-refractivity contribution in [1.82, 2.24) is 15.4 Å². The number of hydrazine groups is 1. The predicted octanol–water partition coefficient (Wildman–Crippen LogP) is 0.206. The maximum Gasteiger partial charge on any atom is 0.314 e. The van der Waals surface area contributed by atoms with Gasteiger partial charge in [-0.05, 0) is 5.92 Å². The van der Waals surface area contributed by atoms with Gasteiger partial charge in [0.1, 0.15) is 11.3 Å². The van der Waals surface area contributed by atoms with Crippen LogP contribution >= 0.6 is 11.6 Å². The van der Waals surface area contributed by atoms with Crippen molar-refractivity contribution in [3.63, 3.8) is 0 Å². The smallest absolute Gasteiger partial charge is 0.280 e. The lowest BCUT2D eigenvalue weighted by atomic mass is 10.6. The highest BCUT2D eigenvalue weighted by molar-refractivity contribution is 6.32. The lowest BCUT2D eigenvalue weighted by Crippen LogP contribution is -2.28. The number of carbonyl (C=O) groups is 1. The first kappa shape index (κ1) is 9.29. The topological polar surface area (TPSA) is 66.9 Å². The van der Waals surface area contributed by atoms with Gasteiger partial charge in [0.05, 0.1) is 6.20 Å². The molecule has 0 atom stereocenters. The van der Waals surface area contributed by atoms with Crippen LogP contribution in [0.3, 0.4) is 0 Å². The van der Waals surface area contributed by atoms with Gasteiger partial charge in [-0.15, -0.1) is 6.42 Å². The normalized spacial score (nSPS) is 8.62. The van der Waals surface area contributed by atoms with Crippen molar-refractivity contribution in [3.8, 4) is 12.3 Å². The number of anilines is 1. The van der Waals surface area contributed by atoms with Crippen LogP contribution in [-0.2, 0) is 4.79 Å². The lowest BCUT2D eigenvalue weighted by molar-refractivity contribution is -0.115. The van der Waals surface area contributed by atoms with E-state index in [-0.39, 0.29) is 0 Å². The van der Waals surface area contributed by atoms with Crippen molar-refractivity contribution < 1.29 is 4.79 Å². The highest BCUT2D eigenvalue weighted by atomic mass is 35.5. The summed E-state index contributed by atoms with van der Waals surface area (Å²) < 4.78 is 0. The highest BCUT2D eigenvalue weighted by Crippen LogP contribution is 2.14. The number of hydrogen-bond donors (Lipinski definition) is 2. The molecule has 0 aliphatic rings. The van der Waals surface area contributed by atoms with E-state index in [1.165, 1.54) is 12.5 Å². The molecule has 0 unspecified atom stereocenters. The van der Waals surface area contributed by atoms with Gasteiger partial charge in [0, 0.05) is 0 Å². The second-order valence-corrected chi connectivity index (χ2v) is 2.35. The zero-order chi connectivity index (χ0) is 9.68. The fraction of sp³-hybridized carbons (Fsp3) is 0. The first-order valence-electron chi connectivity index (χ1n) is 3.22. The van der Waals surface area contributed by atoms with Crippen molar-refractivity contribution in [3.05, 3.63) is 17.5 Å². The van der Waals surface area contributed by atoms with Gasteiger partial charge < -0.3 is 0 Å². The zero-order valence-corrected chi connectivity index (χ0v) is 7.17. The molecular weight excluding hydrogens is 192 g/mol. The summed E-state index contributed by atoms with van der Waals surface area (Å²) in [6, 6.07) is 0. The minimum atomic E-state index is -0.602. The number of terminal acetylenes is 1. The molecule has 13 heavy (non-hydrogen) atoms. The maximum absolute atomic E-state index is 10.6. The summed E-state index contributed by atoms with van der Waals surface area (Å²) in [5.74, 6) is 1.55. The van der Waals surface area contributed by atoms with E-state index < -0.39 is 5.91 Å². The van der Waals surface area contributed by atoms with Crippen molar-refractivity contribution in [2.75, 3.05) is 5.43 Å². The Morgan fingerprint density at radius 1 is 1.69 bits per heavy atom. The molecule has 0 aliphatic carbocycles. The standard InChI is InChI=1S/C7H5ClN4O/c1-2-6(13)11-12-7-5(8)3-9-4-10-7/h1,3-4H,(H,11,13)(H,9,10,12). The van der Waals surface area contributed by atoms with Gasteiger partial charge in [0.2, 0.25) is 0 Å².